The minimum Gasteiger partial charge on any atom is -0.437 e. The summed E-state index contributed by atoms with van der Waals surface area (Å²) in [6.07, 6.45) is 1.45. The highest BCUT2D eigenvalue weighted by Gasteiger charge is 2.16. The third-order valence-corrected chi connectivity index (χ3v) is 3.44. The molecular formula is C12H5Br2N3O3. The van der Waals surface area contributed by atoms with Crippen LogP contribution in [0.3, 0.4) is 0 Å². The third-order valence-electron chi connectivity index (χ3n) is 2.26. The van der Waals surface area contributed by atoms with E-state index >= 15 is 0 Å². The number of benzene rings is 1. The van der Waals surface area contributed by atoms with E-state index in [1.54, 1.807) is 6.07 Å². The van der Waals surface area contributed by atoms with Gasteiger partial charge in [0.25, 0.3) is 5.69 Å². The van der Waals surface area contributed by atoms with Crippen molar-refractivity contribution >= 4 is 37.5 Å². The zero-order chi connectivity index (χ0) is 14.7. The summed E-state index contributed by atoms with van der Waals surface area (Å²) in [5.74, 6) is 0.567. The van der Waals surface area contributed by atoms with Gasteiger partial charge in [-0.05, 0) is 37.9 Å². The van der Waals surface area contributed by atoms with Gasteiger partial charge < -0.3 is 4.74 Å². The van der Waals surface area contributed by atoms with Crippen LogP contribution in [-0.4, -0.2) is 9.91 Å². The molecule has 0 amide bonds. The van der Waals surface area contributed by atoms with Gasteiger partial charge in [-0.15, -0.1) is 0 Å². The van der Waals surface area contributed by atoms with Crippen LogP contribution in [-0.2, 0) is 0 Å². The lowest BCUT2D eigenvalue weighted by atomic mass is 10.3. The Morgan fingerprint density at radius 2 is 1.95 bits per heavy atom. The van der Waals surface area contributed by atoms with Crippen LogP contribution in [0.2, 0.25) is 0 Å². The molecule has 2 aromatic rings. The molecule has 1 aromatic heterocycles. The summed E-state index contributed by atoms with van der Waals surface area (Å²) >= 11 is 6.41. The number of halogens is 2. The largest absolute Gasteiger partial charge is 0.437 e. The van der Waals surface area contributed by atoms with Gasteiger partial charge in [-0.3, -0.25) is 10.1 Å². The summed E-state index contributed by atoms with van der Waals surface area (Å²) in [5, 5.41) is 19.5. The molecule has 0 fully saturated rings. The van der Waals surface area contributed by atoms with Gasteiger partial charge in [-0.1, -0.05) is 0 Å². The van der Waals surface area contributed by atoms with Crippen LogP contribution < -0.4 is 4.74 Å². The molecule has 1 aromatic carbocycles. The van der Waals surface area contributed by atoms with Gasteiger partial charge in [0, 0.05) is 24.4 Å². The maximum atomic E-state index is 10.7. The molecule has 0 aliphatic carbocycles. The van der Waals surface area contributed by atoms with Crippen molar-refractivity contribution in [2.45, 2.75) is 0 Å². The van der Waals surface area contributed by atoms with E-state index in [-0.39, 0.29) is 11.6 Å². The zero-order valence-corrected chi connectivity index (χ0v) is 12.9. The quantitative estimate of drug-likeness (QED) is 0.571. The maximum Gasteiger partial charge on any atom is 0.271 e. The predicted octanol–water partition coefficient (Wildman–Crippen LogP) is 4.18. The van der Waals surface area contributed by atoms with Crippen molar-refractivity contribution in [2.24, 2.45) is 0 Å². The molecule has 0 saturated heterocycles. The molecule has 0 saturated carbocycles. The monoisotopic (exact) mass is 397 g/mol. The number of nitriles is 1. The predicted molar refractivity (Wildman–Crippen MR) is 77.5 cm³/mol. The topological polar surface area (TPSA) is 89.0 Å². The molecule has 20 heavy (non-hydrogen) atoms. The first-order chi connectivity index (χ1) is 9.51. The van der Waals surface area contributed by atoms with Crippen molar-refractivity contribution in [1.29, 1.82) is 5.26 Å². The zero-order valence-electron chi connectivity index (χ0n) is 9.71. The average molecular weight is 399 g/mol. The maximum absolute atomic E-state index is 10.7. The molecule has 0 aliphatic heterocycles. The van der Waals surface area contributed by atoms with Gasteiger partial charge >= 0.3 is 0 Å². The third kappa shape index (κ3) is 3.12. The van der Waals surface area contributed by atoms with E-state index in [9.17, 15) is 10.1 Å². The number of hydrogen-bond acceptors (Lipinski definition) is 5. The average Bonchev–Trinajstić information content (AvgIpc) is 2.42. The number of aromatic nitrogens is 1. The van der Waals surface area contributed by atoms with Crippen molar-refractivity contribution in [1.82, 2.24) is 4.98 Å². The second-order valence-electron chi connectivity index (χ2n) is 3.59. The fourth-order valence-corrected chi connectivity index (χ4v) is 2.71. The normalized spacial score (nSPS) is 9.85. The first-order valence-electron chi connectivity index (χ1n) is 5.18. The summed E-state index contributed by atoms with van der Waals surface area (Å²) in [6, 6.07) is 7.65. The Balaban J connectivity index is 2.39. The summed E-state index contributed by atoms with van der Waals surface area (Å²) in [6.45, 7) is 0. The van der Waals surface area contributed by atoms with Crippen molar-refractivity contribution in [2.75, 3.05) is 0 Å². The molecule has 0 aliphatic rings. The van der Waals surface area contributed by atoms with E-state index in [0.29, 0.717) is 20.3 Å². The molecule has 0 unspecified atom stereocenters. The van der Waals surface area contributed by atoms with Gasteiger partial charge in [-0.2, -0.15) is 5.26 Å². The van der Waals surface area contributed by atoms with Crippen LogP contribution in [0.5, 0.6) is 11.6 Å². The Hall–Kier alpha value is -1.98. The van der Waals surface area contributed by atoms with Crippen LogP contribution in [0.1, 0.15) is 5.56 Å². The van der Waals surface area contributed by atoms with Crippen LogP contribution >= 0.6 is 31.9 Å². The number of nitro benzene ring substituents is 1. The summed E-state index contributed by atoms with van der Waals surface area (Å²) in [4.78, 5) is 14.2. The first-order valence-corrected chi connectivity index (χ1v) is 6.77. The van der Waals surface area contributed by atoms with E-state index < -0.39 is 4.92 Å². The number of nitro groups is 1. The molecule has 2 rings (SSSR count). The van der Waals surface area contributed by atoms with Gasteiger partial charge in [0.2, 0.25) is 5.88 Å². The molecule has 0 bridgehead atoms. The molecule has 8 heteroatoms. The highest BCUT2D eigenvalue weighted by Crippen LogP contribution is 2.39. The van der Waals surface area contributed by atoms with E-state index in [1.165, 1.54) is 24.4 Å². The molecule has 6 nitrogen and oxygen atoms in total. The lowest BCUT2D eigenvalue weighted by Gasteiger charge is -2.09. The van der Waals surface area contributed by atoms with Crippen molar-refractivity contribution in [3.8, 4) is 17.7 Å². The van der Waals surface area contributed by atoms with Gasteiger partial charge in [0.05, 0.1) is 25.5 Å². The van der Waals surface area contributed by atoms with Crippen LogP contribution in [0.4, 0.5) is 5.69 Å². The molecular weight excluding hydrogens is 394 g/mol. The van der Waals surface area contributed by atoms with E-state index in [1.807, 2.05) is 6.07 Å². The molecule has 100 valence electrons. The number of nitrogens with zero attached hydrogens (tertiary/aromatic N) is 3. The van der Waals surface area contributed by atoms with E-state index in [0.717, 1.165) is 0 Å². The smallest absolute Gasteiger partial charge is 0.271 e. The fourth-order valence-electron chi connectivity index (χ4n) is 1.39. The lowest BCUT2D eigenvalue weighted by Crippen LogP contribution is -1.93. The number of rotatable bonds is 3. The van der Waals surface area contributed by atoms with Crippen molar-refractivity contribution in [3.05, 3.63) is 55.1 Å². The highest BCUT2D eigenvalue weighted by molar-refractivity contribution is 9.11. The van der Waals surface area contributed by atoms with Crippen LogP contribution in [0.15, 0.2) is 39.4 Å². The SMILES string of the molecule is N#Cc1ccnc(Oc2c(Br)cc([N+](=O)[O-])cc2Br)c1. The Kier molecular flexibility index (Phi) is 4.32. The Bertz CT molecular complexity index is 705. The Morgan fingerprint density at radius 3 is 2.50 bits per heavy atom. The first kappa shape index (κ1) is 14.4. The molecule has 0 radical (unpaired) electrons. The van der Waals surface area contributed by atoms with Gasteiger partial charge in [0.15, 0.2) is 5.75 Å². The molecule has 0 atom stereocenters. The van der Waals surface area contributed by atoms with E-state index in [4.69, 9.17) is 10.00 Å². The highest BCUT2D eigenvalue weighted by atomic mass is 79.9. The standard InChI is InChI=1S/C12H5Br2N3O3/c13-9-4-8(17(18)19)5-10(14)12(9)20-11-3-7(6-15)1-2-16-11/h1-5H. The molecule has 1 heterocycles. The Labute approximate surface area is 130 Å². The van der Waals surface area contributed by atoms with Gasteiger partial charge in [0.1, 0.15) is 0 Å². The fraction of sp³-hybridized carbons (Fsp3) is 0. The number of hydrogen-bond donors (Lipinski definition) is 0. The minimum atomic E-state index is -0.506. The summed E-state index contributed by atoms with van der Waals surface area (Å²) in [5.41, 5.74) is 0.332. The second-order valence-corrected chi connectivity index (χ2v) is 5.30. The Morgan fingerprint density at radius 1 is 1.30 bits per heavy atom. The number of ether oxygens (including phenoxy) is 1. The molecule has 0 spiro atoms. The van der Waals surface area contributed by atoms with Crippen LogP contribution in [0, 0.1) is 21.4 Å². The van der Waals surface area contributed by atoms with E-state index in [2.05, 4.69) is 36.8 Å². The summed E-state index contributed by atoms with van der Waals surface area (Å²) in [7, 11) is 0. The summed E-state index contributed by atoms with van der Waals surface area (Å²) < 4.78 is 6.35. The van der Waals surface area contributed by atoms with Gasteiger partial charge in [-0.25, -0.2) is 4.98 Å². The number of non-ortho nitro benzene ring substituents is 1. The van der Waals surface area contributed by atoms with Crippen molar-refractivity contribution < 1.29 is 9.66 Å². The molecule has 0 N–H and O–H groups in total. The number of pyridine rings is 1. The minimum absolute atomic E-state index is 0.0742. The van der Waals surface area contributed by atoms with Crippen molar-refractivity contribution in [3.63, 3.8) is 0 Å². The lowest BCUT2D eigenvalue weighted by molar-refractivity contribution is -0.385. The second kappa shape index (κ2) is 5.98. The van der Waals surface area contributed by atoms with Crippen LogP contribution in [0.25, 0.3) is 0 Å².